The summed E-state index contributed by atoms with van der Waals surface area (Å²) in [4.78, 5) is 14.0. The maximum atomic E-state index is 13.0. The number of rotatable bonds is 4. The molecule has 0 saturated carbocycles. The summed E-state index contributed by atoms with van der Waals surface area (Å²) in [6, 6.07) is 19.0. The quantitative estimate of drug-likeness (QED) is 0.555. The maximum absolute atomic E-state index is 13.0. The molecule has 2 aromatic heterocycles. The van der Waals surface area contributed by atoms with E-state index in [0.717, 1.165) is 10.6 Å². The highest BCUT2D eigenvalue weighted by atomic mass is 32.1. The molecule has 1 aliphatic rings. The molecule has 5 rings (SSSR count). The lowest BCUT2D eigenvalue weighted by molar-refractivity contribution is 0.102. The molecule has 0 atom stereocenters. The number of anilines is 1. The van der Waals surface area contributed by atoms with Gasteiger partial charge in [-0.15, -0.1) is 11.3 Å². The highest BCUT2D eigenvalue weighted by molar-refractivity contribution is 7.13. The van der Waals surface area contributed by atoms with E-state index in [1.54, 1.807) is 40.4 Å². The summed E-state index contributed by atoms with van der Waals surface area (Å²) >= 11 is 1.55. The van der Waals surface area contributed by atoms with Gasteiger partial charge < -0.3 is 14.8 Å². The average Bonchev–Trinajstić information content (AvgIpc) is 3.47. The first kappa shape index (κ1) is 16.6. The monoisotopic (exact) mass is 389 g/mol. The average molecular weight is 389 g/mol. The van der Waals surface area contributed by atoms with Crippen LogP contribution in [0.25, 0.3) is 16.3 Å². The number of carbonyl (C=O) groups excluding carboxylic acids is 1. The molecule has 0 saturated heterocycles. The van der Waals surface area contributed by atoms with Gasteiger partial charge in [0.15, 0.2) is 11.5 Å². The number of hydrogen-bond acceptors (Lipinski definition) is 5. The van der Waals surface area contributed by atoms with E-state index < -0.39 is 0 Å². The summed E-state index contributed by atoms with van der Waals surface area (Å²) in [6.07, 6.45) is 1.76. The second-order valence-corrected chi connectivity index (χ2v) is 7.12. The van der Waals surface area contributed by atoms with E-state index in [2.05, 4.69) is 10.4 Å². The third kappa shape index (κ3) is 3.01. The first-order chi connectivity index (χ1) is 13.8. The summed E-state index contributed by atoms with van der Waals surface area (Å²) in [5.41, 5.74) is 2.68. The van der Waals surface area contributed by atoms with Crippen LogP contribution in [0.5, 0.6) is 11.5 Å². The van der Waals surface area contributed by atoms with E-state index in [-0.39, 0.29) is 12.7 Å². The molecule has 1 aliphatic heterocycles. The molecule has 7 heteroatoms. The third-order valence-corrected chi connectivity index (χ3v) is 5.24. The minimum atomic E-state index is -0.232. The van der Waals surface area contributed by atoms with Gasteiger partial charge in [0.05, 0.1) is 16.1 Å². The van der Waals surface area contributed by atoms with Crippen molar-refractivity contribution in [2.45, 2.75) is 0 Å². The molecule has 0 spiro atoms. The number of fused-ring (bicyclic) bond motifs is 1. The minimum absolute atomic E-state index is 0.194. The Labute approximate surface area is 165 Å². The Kier molecular flexibility index (Phi) is 4.06. The number of thiophene rings is 1. The molecule has 28 heavy (non-hydrogen) atoms. The van der Waals surface area contributed by atoms with Crippen molar-refractivity contribution in [3.63, 3.8) is 0 Å². The van der Waals surface area contributed by atoms with Crippen LogP contribution in [0.2, 0.25) is 0 Å². The van der Waals surface area contributed by atoms with E-state index in [1.165, 1.54) is 0 Å². The van der Waals surface area contributed by atoms with Crippen LogP contribution in [0.1, 0.15) is 10.4 Å². The van der Waals surface area contributed by atoms with Crippen molar-refractivity contribution < 1.29 is 14.3 Å². The van der Waals surface area contributed by atoms with E-state index in [9.17, 15) is 4.79 Å². The topological polar surface area (TPSA) is 65.4 Å². The predicted molar refractivity (Wildman–Crippen MR) is 107 cm³/mol. The summed E-state index contributed by atoms with van der Waals surface area (Å²) in [7, 11) is 0. The summed E-state index contributed by atoms with van der Waals surface area (Å²) in [5.74, 6) is 1.06. The van der Waals surface area contributed by atoms with Crippen molar-refractivity contribution in [2.24, 2.45) is 0 Å². The zero-order chi connectivity index (χ0) is 18.9. The molecular weight excluding hydrogens is 374 g/mol. The number of para-hydroxylation sites is 1. The van der Waals surface area contributed by atoms with Crippen LogP contribution in [0.15, 0.2) is 72.2 Å². The molecule has 1 amide bonds. The highest BCUT2D eigenvalue weighted by Gasteiger charge is 2.21. The summed E-state index contributed by atoms with van der Waals surface area (Å²) in [6.45, 7) is 0.194. The minimum Gasteiger partial charge on any atom is -0.454 e. The zero-order valence-electron chi connectivity index (χ0n) is 14.7. The van der Waals surface area contributed by atoms with Gasteiger partial charge in [-0.3, -0.25) is 4.79 Å². The Balaban J connectivity index is 1.51. The highest BCUT2D eigenvalue weighted by Crippen LogP contribution is 2.35. The maximum Gasteiger partial charge on any atom is 0.259 e. The van der Waals surface area contributed by atoms with Crippen molar-refractivity contribution in [1.82, 2.24) is 9.78 Å². The molecule has 0 aliphatic carbocycles. The Morgan fingerprint density at radius 3 is 2.71 bits per heavy atom. The third-order valence-electron chi connectivity index (χ3n) is 4.36. The second kappa shape index (κ2) is 6.86. The molecule has 4 aromatic rings. The van der Waals surface area contributed by atoms with Crippen LogP contribution in [0.4, 0.5) is 5.69 Å². The van der Waals surface area contributed by atoms with E-state index in [1.807, 2.05) is 47.8 Å². The normalized spacial score (nSPS) is 12.1. The lowest BCUT2D eigenvalue weighted by Gasteiger charge is -2.06. The molecule has 6 nitrogen and oxygen atoms in total. The van der Waals surface area contributed by atoms with Gasteiger partial charge in [0.2, 0.25) is 6.79 Å². The fraction of sp³-hybridized carbons (Fsp3) is 0.0476. The van der Waals surface area contributed by atoms with Gasteiger partial charge in [-0.25, -0.2) is 4.68 Å². The summed E-state index contributed by atoms with van der Waals surface area (Å²) < 4.78 is 12.4. The second-order valence-electron chi connectivity index (χ2n) is 6.17. The number of hydrogen-bond donors (Lipinski definition) is 1. The molecule has 2 aromatic carbocycles. The van der Waals surface area contributed by atoms with Gasteiger partial charge in [-0.2, -0.15) is 5.10 Å². The van der Waals surface area contributed by atoms with Crippen molar-refractivity contribution in [2.75, 3.05) is 12.1 Å². The fourth-order valence-corrected chi connectivity index (χ4v) is 3.74. The zero-order valence-corrected chi connectivity index (χ0v) is 15.5. The van der Waals surface area contributed by atoms with Crippen LogP contribution in [-0.2, 0) is 0 Å². The molecular formula is C21H15N3O3S. The van der Waals surface area contributed by atoms with Crippen molar-refractivity contribution >= 4 is 22.9 Å². The molecule has 0 radical (unpaired) electrons. The molecule has 0 bridgehead atoms. The van der Waals surface area contributed by atoms with E-state index in [0.29, 0.717) is 28.4 Å². The Bertz CT molecular complexity index is 1140. The Morgan fingerprint density at radius 1 is 1.04 bits per heavy atom. The van der Waals surface area contributed by atoms with E-state index in [4.69, 9.17) is 9.47 Å². The van der Waals surface area contributed by atoms with Crippen LogP contribution in [0, 0.1) is 0 Å². The van der Waals surface area contributed by atoms with Gasteiger partial charge in [0.1, 0.15) is 5.69 Å². The number of benzene rings is 2. The largest absolute Gasteiger partial charge is 0.454 e. The molecule has 138 valence electrons. The number of aromatic nitrogens is 2. The standard InChI is InChI=1S/C21H15N3O3S/c25-21(22-14-8-9-17-18(11-14)27-13-26-17)16-12-24(15-5-2-1-3-6-15)23-20(16)19-7-4-10-28-19/h1-12H,13H2,(H,22,25). The van der Waals surface area contributed by atoms with Crippen LogP contribution in [-0.4, -0.2) is 22.5 Å². The van der Waals surface area contributed by atoms with Crippen LogP contribution < -0.4 is 14.8 Å². The number of nitrogens with zero attached hydrogens (tertiary/aromatic N) is 2. The first-order valence-corrected chi connectivity index (χ1v) is 9.56. The van der Waals surface area contributed by atoms with Crippen LogP contribution >= 0.6 is 11.3 Å². The van der Waals surface area contributed by atoms with Gasteiger partial charge >= 0.3 is 0 Å². The number of amides is 1. The number of ether oxygens (including phenoxy) is 2. The van der Waals surface area contributed by atoms with Crippen molar-refractivity contribution in [3.05, 3.63) is 77.8 Å². The fourth-order valence-electron chi connectivity index (χ4n) is 3.02. The Hall–Kier alpha value is -3.58. The van der Waals surface area contributed by atoms with E-state index >= 15 is 0 Å². The smallest absolute Gasteiger partial charge is 0.259 e. The van der Waals surface area contributed by atoms with Crippen molar-refractivity contribution in [1.29, 1.82) is 0 Å². The SMILES string of the molecule is O=C(Nc1ccc2c(c1)OCO2)c1cn(-c2ccccc2)nc1-c1cccs1. The lowest BCUT2D eigenvalue weighted by Crippen LogP contribution is -2.12. The van der Waals surface area contributed by atoms with Gasteiger partial charge in [0.25, 0.3) is 5.91 Å². The summed E-state index contributed by atoms with van der Waals surface area (Å²) in [5, 5.41) is 9.57. The van der Waals surface area contributed by atoms with Gasteiger partial charge in [0, 0.05) is 18.0 Å². The number of nitrogens with one attached hydrogen (secondary N) is 1. The first-order valence-electron chi connectivity index (χ1n) is 8.68. The molecule has 0 fully saturated rings. The predicted octanol–water partition coefficient (Wildman–Crippen LogP) is 4.58. The number of carbonyl (C=O) groups is 1. The molecule has 0 unspecified atom stereocenters. The molecule has 1 N–H and O–H groups in total. The van der Waals surface area contributed by atoms with Crippen molar-refractivity contribution in [3.8, 4) is 27.8 Å². The Morgan fingerprint density at radius 2 is 1.89 bits per heavy atom. The van der Waals surface area contributed by atoms with Gasteiger partial charge in [-0.1, -0.05) is 24.3 Å². The van der Waals surface area contributed by atoms with Gasteiger partial charge in [-0.05, 0) is 35.7 Å². The lowest BCUT2D eigenvalue weighted by atomic mass is 10.2. The van der Waals surface area contributed by atoms with Crippen LogP contribution in [0.3, 0.4) is 0 Å². The molecule has 3 heterocycles.